The maximum absolute atomic E-state index is 13.5. The Hall–Kier alpha value is 0.460. The molecule has 0 aliphatic carbocycles. The summed E-state index contributed by atoms with van der Waals surface area (Å²) < 4.78 is 27.0. The molecule has 0 amide bonds. The average molecular weight is 322 g/mol. The second-order valence-electron chi connectivity index (χ2n) is 6.00. The lowest BCUT2D eigenvalue weighted by atomic mass is 10.4. The maximum Gasteiger partial charge on any atom is 0.143 e. The van der Waals surface area contributed by atoms with Gasteiger partial charge in [-0.05, 0) is 25.7 Å². The highest BCUT2D eigenvalue weighted by molar-refractivity contribution is 8.36. The first kappa shape index (κ1) is 20.5. The van der Waals surface area contributed by atoms with E-state index in [1.807, 2.05) is 0 Å². The molecular formula is C16H36O2P2. The summed E-state index contributed by atoms with van der Waals surface area (Å²) in [5, 5.41) is 0. The van der Waals surface area contributed by atoms with Crippen LogP contribution < -0.4 is 0 Å². The van der Waals surface area contributed by atoms with E-state index in [1.54, 1.807) is 0 Å². The van der Waals surface area contributed by atoms with Crippen molar-refractivity contribution in [3.63, 3.8) is 0 Å². The van der Waals surface area contributed by atoms with E-state index in [0.717, 1.165) is 76.0 Å². The molecule has 20 heavy (non-hydrogen) atoms. The molecule has 0 fully saturated rings. The maximum atomic E-state index is 13.5. The van der Waals surface area contributed by atoms with Crippen molar-refractivity contribution in [3.8, 4) is 0 Å². The summed E-state index contributed by atoms with van der Waals surface area (Å²) in [6, 6.07) is 0. The second-order valence-corrected chi connectivity index (χ2v) is 15.5. The Morgan fingerprint density at radius 3 is 0.850 bits per heavy atom. The molecule has 0 heterocycles. The summed E-state index contributed by atoms with van der Waals surface area (Å²) in [4.78, 5) is 0. The number of unbranched alkanes of at least 4 members (excludes halogenated alkanes) is 4. The van der Waals surface area contributed by atoms with Gasteiger partial charge in [-0.2, -0.15) is 0 Å². The van der Waals surface area contributed by atoms with Crippen LogP contribution in [0.2, 0.25) is 0 Å². The summed E-state index contributed by atoms with van der Waals surface area (Å²) in [7, 11) is 0. The van der Waals surface area contributed by atoms with E-state index in [1.165, 1.54) is 0 Å². The summed E-state index contributed by atoms with van der Waals surface area (Å²) >= 11 is 0. The predicted octanol–water partition coefficient (Wildman–Crippen LogP) is 6.83. The van der Waals surface area contributed by atoms with E-state index < -0.39 is 13.7 Å². The van der Waals surface area contributed by atoms with Gasteiger partial charge in [-0.25, -0.2) is 0 Å². The van der Waals surface area contributed by atoms with Crippen LogP contribution in [-0.2, 0) is 9.13 Å². The highest BCUT2D eigenvalue weighted by atomic mass is 32.1. The SMILES string of the molecule is CCCCP(=O)(CCCC)P(=O)(CCCC)CCCC. The van der Waals surface area contributed by atoms with Gasteiger partial charge in [-0.1, -0.05) is 53.4 Å². The van der Waals surface area contributed by atoms with Crippen molar-refractivity contribution in [2.24, 2.45) is 0 Å². The minimum absolute atomic E-state index is 0.730. The van der Waals surface area contributed by atoms with Gasteiger partial charge in [0.25, 0.3) is 0 Å². The van der Waals surface area contributed by atoms with Crippen LogP contribution in [0.15, 0.2) is 0 Å². The van der Waals surface area contributed by atoms with Gasteiger partial charge >= 0.3 is 0 Å². The molecule has 0 atom stereocenters. The van der Waals surface area contributed by atoms with E-state index >= 15 is 0 Å². The highest BCUT2D eigenvalue weighted by Gasteiger charge is 2.40. The lowest BCUT2D eigenvalue weighted by Crippen LogP contribution is -2.04. The Bertz CT molecular complexity index is 270. The molecule has 0 unspecified atom stereocenters. The lowest BCUT2D eigenvalue weighted by molar-refractivity contribution is 0.559. The fourth-order valence-electron chi connectivity index (χ4n) is 2.57. The van der Waals surface area contributed by atoms with Gasteiger partial charge in [0.1, 0.15) is 13.7 Å². The Balaban J connectivity index is 5.14. The zero-order chi connectivity index (χ0) is 15.5. The topological polar surface area (TPSA) is 34.1 Å². The minimum Gasteiger partial charge on any atom is -0.316 e. The van der Waals surface area contributed by atoms with Crippen LogP contribution in [0.5, 0.6) is 0 Å². The monoisotopic (exact) mass is 322 g/mol. The van der Waals surface area contributed by atoms with Crippen molar-refractivity contribution < 1.29 is 9.13 Å². The van der Waals surface area contributed by atoms with Gasteiger partial charge in [-0.15, -0.1) is 0 Å². The Morgan fingerprint density at radius 2 is 0.700 bits per heavy atom. The number of hydrogen-bond donors (Lipinski definition) is 0. The second kappa shape index (κ2) is 11.1. The van der Waals surface area contributed by atoms with Crippen LogP contribution >= 0.6 is 13.7 Å². The summed E-state index contributed by atoms with van der Waals surface area (Å²) in [6.45, 7) is 3.57. The van der Waals surface area contributed by atoms with E-state index in [-0.39, 0.29) is 0 Å². The largest absolute Gasteiger partial charge is 0.316 e. The lowest BCUT2D eigenvalue weighted by Gasteiger charge is -2.29. The Labute approximate surface area is 127 Å². The van der Waals surface area contributed by atoms with Crippen LogP contribution in [0.4, 0.5) is 0 Å². The molecule has 4 heteroatoms. The van der Waals surface area contributed by atoms with Crippen molar-refractivity contribution in [2.45, 2.75) is 79.1 Å². The molecule has 0 aromatic carbocycles. The third kappa shape index (κ3) is 6.48. The van der Waals surface area contributed by atoms with Crippen molar-refractivity contribution in [3.05, 3.63) is 0 Å². The summed E-state index contributed by atoms with van der Waals surface area (Å²) in [6.07, 6.45) is 11.0. The fraction of sp³-hybridized carbons (Fsp3) is 1.00. The molecule has 0 radical (unpaired) electrons. The highest BCUT2D eigenvalue weighted by Crippen LogP contribution is 2.82. The predicted molar refractivity (Wildman–Crippen MR) is 94.3 cm³/mol. The van der Waals surface area contributed by atoms with Gasteiger partial charge in [-0.3, -0.25) is 0 Å². The van der Waals surface area contributed by atoms with Crippen LogP contribution in [0, 0.1) is 0 Å². The zero-order valence-corrected chi connectivity index (χ0v) is 16.0. The molecule has 0 saturated carbocycles. The molecule has 0 aliphatic rings. The first-order valence-electron chi connectivity index (χ1n) is 8.66. The molecule has 0 rings (SSSR count). The van der Waals surface area contributed by atoms with Crippen LogP contribution in [0.1, 0.15) is 79.1 Å². The molecule has 0 N–H and O–H groups in total. The average Bonchev–Trinajstić information content (AvgIpc) is 2.46. The molecule has 0 spiro atoms. The summed E-state index contributed by atoms with van der Waals surface area (Å²) in [5.74, 6) is 0. The molecule has 2 nitrogen and oxygen atoms in total. The van der Waals surface area contributed by atoms with Crippen molar-refractivity contribution in [2.75, 3.05) is 24.6 Å². The molecule has 0 saturated heterocycles. The molecule has 0 aliphatic heterocycles. The normalized spacial score (nSPS) is 12.8. The third-order valence-corrected chi connectivity index (χ3v) is 15.9. The molecule has 0 aromatic heterocycles. The fourth-order valence-corrected chi connectivity index (χ4v) is 13.8. The van der Waals surface area contributed by atoms with Crippen LogP contribution in [-0.4, -0.2) is 24.6 Å². The number of rotatable bonds is 13. The third-order valence-electron chi connectivity index (χ3n) is 4.11. The van der Waals surface area contributed by atoms with Crippen molar-refractivity contribution in [1.29, 1.82) is 0 Å². The van der Waals surface area contributed by atoms with Crippen LogP contribution in [0.25, 0.3) is 0 Å². The molecular weight excluding hydrogens is 286 g/mol. The molecule has 0 bridgehead atoms. The zero-order valence-electron chi connectivity index (χ0n) is 14.2. The van der Waals surface area contributed by atoms with E-state index in [2.05, 4.69) is 27.7 Å². The quantitative estimate of drug-likeness (QED) is 0.348. The Morgan fingerprint density at radius 1 is 0.500 bits per heavy atom. The van der Waals surface area contributed by atoms with Gasteiger partial charge in [0.05, 0.1) is 0 Å². The van der Waals surface area contributed by atoms with Gasteiger partial charge in [0, 0.05) is 24.6 Å². The smallest absolute Gasteiger partial charge is 0.143 e. The van der Waals surface area contributed by atoms with Crippen molar-refractivity contribution >= 4 is 13.7 Å². The Kier molecular flexibility index (Phi) is 11.3. The first-order chi connectivity index (χ1) is 9.49. The van der Waals surface area contributed by atoms with E-state index in [0.29, 0.717) is 0 Å². The minimum atomic E-state index is -2.48. The van der Waals surface area contributed by atoms with Gasteiger partial charge in [0.2, 0.25) is 0 Å². The summed E-state index contributed by atoms with van der Waals surface area (Å²) in [5.41, 5.74) is 0. The molecule has 0 aromatic rings. The first-order valence-corrected chi connectivity index (χ1v) is 13.5. The van der Waals surface area contributed by atoms with E-state index in [9.17, 15) is 9.13 Å². The number of hydrogen-bond acceptors (Lipinski definition) is 2. The molecule has 122 valence electrons. The van der Waals surface area contributed by atoms with Crippen molar-refractivity contribution in [1.82, 2.24) is 0 Å². The van der Waals surface area contributed by atoms with Crippen LogP contribution in [0.3, 0.4) is 0 Å². The van der Waals surface area contributed by atoms with Gasteiger partial charge in [0.15, 0.2) is 0 Å². The van der Waals surface area contributed by atoms with Gasteiger partial charge < -0.3 is 9.13 Å². The standard InChI is InChI=1S/C16H36O2P2/c1-5-9-13-19(17,14-10-6-2)20(18,15-11-7-3)16-12-8-4/h5-16H2,1-4H3. The van der Waals surface area contributed by atoms with E-state index in [4.69, 9.17) is 0 Å².